The first-order valence-corrected chi connectivity index (χ1v) is 11.9. The van der Waals surface area contributed by atoms with Gasteiger partial charge < -0.3 is 10.2 Å². The quantitative estimate of drug-likeness (QED) is 0.602. The van der Waals surface area contributed by atoms with Gasteiger partial charge in [-0.15, -0.1) is 0 Å². The van der Waals surface area contributed by atoms with Gasteiger partial charge in [0.1, 0.15) is 11.3 Å². The Morgan fingerprint density at radius 1 is 1.19 bits per heavy atom. The number of halogens is 1. The van der Waals surface area contributed by atoms with E-state index in [1.807, 2.05) is 12.3 Å². The Morgan fingerprint density at radius 3 is 3.00 bits per heavy atom. The standard InChI is InChI=1S/C22H22ClN7S/c1-2-12-7-15-18(19(12)23)21(30-6-3-13-9-24-11-17(13)30)29-22(28-15)31-14-8-16-20(27-10-14)26-5-4-25-16/h4-5,8,10,13,17,24H,2-3,6-7,9,11H2,1H3. The van der Waals surface area contributed by atoms with Crippen LogP contribution in [0.3, 0.4) is 0 Å². The van der Waals surface area contributed by atoms with Gasteiger partial charge in [-0.3, -0.25) is 4.98 Å². The largest absolute Gasteiger partial charge is 0.351 e. The zero-order valence-electron chi connectivity index (χ0n) is 17.2. The first-order chi connectivity index (χ1) is 15.2. The Morgan fingerprint density at radius 2 is 2.10 bits per heavy atom. The van der Waals surface area contributed by atoms with Gasteiger partial charge in [0.25, 0.3) is 0 Å². The summed E-state index contributed by atoms with van der Waals surface area (Å²) in [5.74, 6) is 1.67. The summed E-state index contributed by atoms with van der Waals surface area (Å²) in [7, 11) is 0. The van der Waals surface area contributed by atoms with E-state index in [0.717, 1.165) is 70.2 Å². The van der Waals surface area contributed by atoms with Crippen molar-refractivity contribution < 1.29 is 0 Å². The molecule has 2 atom stereocenters. The van der Waals surface area contributed by atoms with Gasteiger partial charge in [0.15, 0.2) is 10.8 Å². The van der Waals surface area contributed by atoms with Gasteiger partial charge in [-0.25, -0.2) is 19.9 Å². The number of hydrogen-bond acceptors (Lipinski definition) is 8. The third-order valence-corrected chi connectivity index (χ3v) is 7.79. The molecule has 6 rings (SSSR count). The Balaban J connectivity index is 1.41. The summed E-state index contributed by atoms with van der Waals surface area (Å²) in [6.07, 6.45) is 8.07. The first-order valence-electron chi connectivity index (χ1n) is 10.7. The van der Waals surface area contributed by atoms with Crippen LogP contribution in [0.25, 0.3) is 16.2 Å². The number of rotatable bonds is 4. The number of anilines is 1. The van der Waals surface area contributed by atoms with Crippen molar-refractivity contribution in [3.8, 4) is 0 Å². The van der Waals surface area contributed by atoms with Gasteiger partial charge in [0.05, 0.1) is 16.3 Å². The Labute approximate surface area is 189 Å². The number of pyridine rings is 1. The molecule has 0 amide bonds. The van der Waals surface area contributed by atoms with Crippen LogP contribution >= 0.6 is 23.4 Å². The highest BCUT2D eigenvalue weighted by molar-refractivity contribution is 7.99. The molecule has 0 radical (unpaired) electrons. The minimum atomic E-state index is 0.476. The number of nitrogens with zero attached hydrogens (tertiary/aromatic N) is 6. The van der Waals surface area contributed by atoms with Crippen molar-refractivity contribution in [1.82, 2.24) is 30.2 Å². The third kappa shape index (κ3) is 3.28. The molecule has 3 aromatic heterocycles. The Hall–Kier alpha value is -2.29. The molecule has 7 nitrogen and oxygen atoms in total. The smallest absolute Gasteiger partial charge is 0.194 e. The minimum Gasteiger partial charge on any atom is -0.351 e. The lowest BCUT2D eigenvalue weighted by Gasteiger charge is -2.27. The lowest BCUT2D eigenvalue weighted by atomic mass is 10.1. The average Bonchev–Trinajstić information content (AvgIpc) is 3.48. The maximum Gasteiger partial charge on any atom is 0.194 e. The zero-order valence-corrected chi connectivity index (χ0v) is 18.7. The lowest BCUT2D eigenvalue weighted by molar-refractivity contribution is 0.576. The van der Waals surface area contributed by atoms with Gasteiger partial charge in [-0.1, -0.05) is 18.5 Å². The van der Waals surface area contributed by atoms with Crippen LogP contribution in [-0.4, -0.2) is 50.6 Å². The highest BCUT2D eigenvalue weighted by atomic mass is 35.5. The molecular weight excluding hydrogens is 430 g/mol. The second kappa shape index (κ2) is 7.69. The fourth-order valence-corrected chi connectivity index (χ4v) is 6.10. The Kier molecular flexibility index (Phi) is 4.81. The van der Waals surface area contributed by atoms with Crippen LogP contribution in [-0.2, 0) is 6.42 Å². The van der Waals surface area contributed by atoms with Crippen LogP contribution < -0.4 is 10.2 Å². The molecule has 1 N–H and O–H groups in total. The fraction of sp³-hybridized carbons (Fsp3) is 0.409. The topological polar surface area (TPSA) is 79.7 Å². The highest BCUT2D eigenvalue weighted by Crippen LogP contribution is 2.44. The average molecular weight is 452 g/mol. The van der Waals surface area contributed by atoms with E-state index in [-0.39, 0.29) is 0 Å². The van der Waals surface area contributed by atoms with Crippen molar-refractivity contribution in [2.24, 2.45) is 5.92 Å². The lowest BCUT2D eigenvalue weighted by Crippen LogP contribution is -2.35. The number of hydrogen-bond donors (Lipinski definition) is 1. The summed E-state index contributed by atoms with van der Waals surface area (Å²) in [6.45, 7) is 5.26. The van der Waals surface area contributed by atoms with Gasteiger partial charge in [-0.05, 0) is 42.2 Å². The van der Waals surface area contributed by atoms with Crippen LogP contribution in [0.15, 0.2) is 40.3 Å². The molecule has 3 aliphatic rings. The first kappa shape index (κ1) is 19.4. The summed E-state index contributed by atoms with van der Waals surface area (Å²) in [4.78, 5) is 26.4. The summed E-state index contributed by atoms with van der Waals surface area (Å²) >= 11 is 8.36. The molecule has 2 aliphatic heterocycles. The van der Waals surface area contributed by atoms with Gasteiger partial charge >= 0.3 is 0 Å². The second-order valence-corrected chi connectivity index (χ2v) is 9.66. The van der Waals surface area contributed by atoms with E-state index in [4.69, 9.17) is 21.6 Å². The Bertz CT molecular complexity index is 1210. The summed E-state index contributed by atoms with van der Waals surface area (Å²) in [6, 6.07) is 2.47. The zero-order chi connectivity index (χ0) is 20.9. The molecule has 0 saturated carbocycles. The predicted molar refractivity (Wildman–Crippen MR) is 122 cm³/mol. The summed E-state index contributed by atoms with van der Waals surface area (Å²) in [5.41, 5.74) is 4.74. The van der Waals surface area contributed by atoms with Crippen LogP contribution in [0.2, 0.25) is 0 Å². The molecule has 5 heterocycles. The van der Waals surface area contributed by atoms with Crippen molar-refractivity contribution in [2.45, 2.75) is 42.3 Å². The normalized spacial score (nSPS) is 22.5. The number of nitrogens with one attached hydrogen (secondary N) is 1. The number of fused-ring (bicyclic) bond motifs is 3. The summed E-state index contributed by atoms with van der Waals surface area (Å²) in [5, 5.41) is 5.12. The van der Waals surface area contributed by atoms with Crippen molar-refractivity contribution in [3.63, 3.8) is 0 Å². The number of aromatic nitrogens is 5. The van der Waals surface area contributed by atoms with Crippen LogP contribution in [0.1, 0.15) is 31.0 Å². The fourth-order valence-electron chi connectivity index (χ4n) is 4.93. The van der Waals surface area contributed by atoms with Gasteiger partial charge in [0.2, 0.25) is 0 Å². The SMILES string of the molecule is CCC1=C(Cl)c2c(nc(Sc3cnc4nccnc4c3)nc2N2CCC3CNCC32)C1. The highest BCUT2D eigenvalue weighted by Gasteiger charge is 2.40. The van der Waals surface area contributed by atoms with Crippen molar-refractivity contribution in [3.05, 3.63) is 41.5 Å². The maximum absolute atomic E-state index is 6.84. The number of allylic oxidation sites excluding steroid dienone is 1. The molecule has 0 spiro atoms. The molecule has 158 valence electrons. The van der Waals surface area contributed by atoms with Crippen LogP contribution in [0.5, 0.6) is 0 Å². The van der Waals surface area contributed by atoms with E-state index >= 15 is 0 Å². The van der Waals surface area contributed by atoms with E-state index in [1.54, 1.807) is 12.4 Å². The molecule has 9 heteroatoms. The van der Waals surface area contributed by atoms with Crippen molar-refractivity contribution in [1.29, 1.82) is 0 Å². The molecule has 2 fully saturated rings. The van der Waals surface area contributed by atoms with E-state index in [0.29, 0.717) is 17.6 Å². The van der Waals surface area contributed by atoms with E-state index in [2.05, 4.69) is 32.1 Å². The monoisotopic (exact) mass is 451 g/mol. The van der Waals surface area contributed by atoms with E-state index < -0.39 is 0 Å². The molecule has 2 unspecified atom stereocenters. The summed E-state index contributed by atoms with van der Waals surface area (Å²) < 4.78 is 0. The molecular formula is C22H22ClN7S. The molecule has 2 saturated heterocycles. The minimum absolute atomic E-state index is 0.476. The molecule has 0 bridgehead atoms. The predicted octanol–water partition coefficient (Wildman–Crippen LogP) is 3.68. The third-order valence-electron chi connectivity index (χ3n) is 6.51. The van der Waals surface area contributed by atoms with Gasteiger partial charge in [-0.2, -0.15) is 0 Å². The van der Waals surface area contributed by atoms with Crippen LogP contribution in [0.4, 0.5) is 5.82 Å². The second-order valence-electron chi connectivity index (χ2n) is 8.24. The molecule has 3 aromatic rings. The molecule has 0 aromatic carbocycles. The van der Waals surface area contributed by atoms with Crippen molar-refractivity contribution in [2.75, 3.05) is 24.5 Å². The van der Waals surface area contributed by atoms with Crippen molar-refractivity contribution >= 4 is 45.4 Å². The van der Waals surface area contributed by atoms with Gasteiger partial charge in [0, 0.05) is 55.6 Å². The van der Waals surface area contributed by atoms with E-state index in [9.17, 15) is 0 Å². The van der Waals surface area contributed by atoms with E-state index in [1.165, 1.54) is 23.8 Å². The molecule has 1 aliphatic carbocycles. The maximum atomic E-state index is 6.84. The van der Waals surface area contributed by atoms with Crippen LogP contribution in [0, 0.1) is 5.92 Å². The molecule has 31 heavy (non-hydrogen) atoms.